The third kappa shape index (κ3) is 4.73. The molecule has 5 nitrogen and oxygen atoms in total. The van der Waals surface area contributed by atoms with E-state index in [4.69, 9.17) is 18.9 Å². The lowest BCUT2D eigenvalue weighted by Gasteiger charge is -2.10. The Morgan fingerprint density at radius 3 is 2.56 bits per heavy atom. The third-order valence-electron chi connectivity index (χ3n) is 2.26. The van der Waals surface area contributed by atoms with Gasteiger partial charge < -0.3 is 18.9 Å². The molecule has 1 rings (SSSR count). The zero-order valence-electron chi connectivity index (χ0n) is 10.7. The van der Waals surface area contributed by atoms with Crippen molar-refractivity contribution in [3.05, 3.63) is 23.8 Å². The van der Waals surface area contributed by atoms with E-state index in [9.17, 15) is 4.79 Å². The maximum Gasteiger partial charge on any atom is 0.153 e. The lowest BCUT2D eigenvalue weighted by atomic mass is 10.2. The van der Waals surface area contributed by atoms with E-state index < -0.39 is 0 Å². The molecule has 0 saturated carbocycles. The van der Waals surface area contributed by atoms with E-state index in [1.807, 2.05) is 0 Å². The highest BCUT2D eigenvalue weighted by Crippen LogP contribution is 2.22. The Hall–Kier alpha value is -1.59. The van der Waals surface area contributed by atoms with Crippen LogP contribution in [0.1, 0.15) is 10.4 Å². The monoisotopic (exact) mass is 254 g/mol. The maximum absolute atomic E-state index is 10.9. The molecule has 1 aromatic rings. The fourth-order valence-electron chi connectivity index (χ4n) is 1.33. The summed E-state index contributed by atoms with van der Waals surface area (Å²) in [6.07, 6.45) is 0.740. The smallest absolute Gasteiger partial charge is 0.153 e. The number of hydrogen-bond donors (Lipinski definition) is 0. The molecule has 0 spiro atoms. The van der Waals surface area contributed by atoms with Gasteiger partial charge in [-0.25, -0.2) is 0 Å². The van der Waals surface area contributed by atoms with Crippen LogP contribution in [0.4, 0.5) is 0 Å². The number of aldehydes is 1. The largest absolute Gasteiger partial charge is 0.497 e. The van der Waals surface area contributed by atoms with E-state index in [1.165, 1.54) is 0 Å². The minimum Gasteiger partial charge on any atom is -0.497 e. The average Bonchev–Trinajstić information content (AvgIpc) is 2.42. The normalized spacial score (nSPS) is 10.1. The number of carbonyl (C=O) groups excluding carboxylic acids is 1. The SMILES string of the molecule is COCCOCCOc1ccc(OC)cc1C=O. The van der Waals surface area contributed by atoms with Gasteiger partial charge in [-0.15, -0.1) is 0 Å². The number of methoxy groups -OCH3 is 2. The van der Waals surface area contributed by atoms with E-state index >= 15 is 0 Å². The van der Waals surface area contributed by atoms with Crippen LogP contribution in [0.3, 0.4) is 0 Å². The number of benzene rings is 1. The Bertz CT molecular complexity index is 364. The van der Waals surface area contributed by atoms with Gasteiger partial charge in [0, 0.05) is 7.11 Å². The van der Waals surface area contributed by atoms with Crippen molar-refractivity contribution in [3.8, 4) is 11.5 Å². The minimum atomic E-state index is 0.386. The lowest BCUT2D eigenvalue weighted by Crippen LogP contribution is -2.10. The van der Waals surface area contributed by atoms with Gasteiger partial charge in [0.1, 0.15) is 18.1 Å². The highest BCUT2D eigenvalue weighted by atomic mass is 16.5. The molecule has 0 heterocycles. The van der Waals surface area contributed by atoms with Crippen molar-refractivity contribution >= 4 is 6.29 Å². The third-order valence-corrected chi connectivity index (χ3v) is 2.26. The van der Waals surface area contributed by atoms with Crippen molar-refractivity contribution < 1.29 is 23.7 Å². The predicted octanol–water partition coefficient (Wildman–Crippen LogP) is 1.55. The van der Waals surface area contributed by atoms with E-state index in [-0.39, 0.29) is 0 Å². The van der Waals surface area contributed by atoms with Gasteiger partial charge in [-0.1, -0.05) is 0 Å². The first-order chi connectivity index (χ1) is 8.81. The second kappa shape index (κ2) is 8.49. The molecular formula is C13H18O5. The molecular weight excluding hydrogens is 236 g/mol. The average molecular weight is 254 g/mol. The fraction of sp³-hybridized carbons (Fsp3) is 0.462. The Morgan fingerprint density at radius 2 is 1.89 bits per heavy atom. The molecule has 0 fully saturated rings. The van der Waals surface area contributed by atoms with Crippen LogP contribution in [-0.2, 0) is 9.47 Å². The van der Waals surface area contributed by atoms with Gasteiger partial charge in [-0.2, -0.15) is 0 Å². The summed E-state index contributed by atoms with van der Waals surface area (Å²) in [4.78, 5) is 10.9. The molecule has 1 aromatic carbocycles. The highest BCUT2D eigenvalue weighted by molar-refractivity contribution is 5.80. The van der Waals surface area contributed by atoms with Crippen molar-refractivity contribution in [2.45, 2.75) is 0 Å². The van der Waals surface area contributed by atoms with Crippen LogP contribution in [0.5, 0.6) is 11.5 Å². The molecule has 0 aliphatic carbocycles. The van der Waals surface area contributed by atoms with Crippen LogP contribution in [-0.4, -0.2) is 46.9 Å². The topological polar surface area (TPSA) is 54.0 Å². The van der Waals surface area contributed by atoms with Gasteiger partial charge in [0.15, 0.2) is 6.29 Å². The summed E-state index contributed by atoms with van der Waals surface area (Å²) in [6, 6.07) is 5.08. The van der Waals surface area contributed by atoms with Crippen molar-refractivity contribution in [1.82, 2.24) is 0 Å². The molecule has 0 aliphatic rings. The molecule has 0 amide bonds. The van der Waals surface area contributed by atoms with E-state index in [0.717, 1.165) is 6.29 Å². The fourth-order valence-corrected chi connectivity index (χ4v) is 1.33. The van der Waals surface area contributed by atoms with Gasteiger partial charge in [0.25, 0.3) is 0 Å². The summed E-state index contributed by atoms with van der Waals surface area (Å²) in [6.45, 7) is 1.93. The first-order valence-electron chi connectivity index (χ1n) is 5.64. The highest BCUT2D eigenvalue weighted by Gasteiger charge is 2.04. The van der Waals surface area contributed by atoms with Crippen molar-refractivity contribution in [2.24, 2.45) is 0 Å². The summed E-state index contributed by atoms with van der Waals surface area (Å²) >= 11 is 0. The van der Waals surface area contributed by atoms with E-state index in [0.29, 0.717) is 43.5 Å². The number of carbonyl (C=O) groups is 1. The summed E-state index contributed by atoms with van der Waals surface area (Å²) in [7, 11) is 3.17. The van der Waals surface area contributed by atoms with Crippen molar-refractivity contribution in [3.63, 3.8) is 0 Å². The van der Waals surface area contributed by atoms with Gasteiger partial charge in [0.05, 0.1) is 32.5 Å². The molecule has 18 heavy (non-hydrogen) atoms. The summed E-state index contributed by atoms with van der Waals surface area (Å²) in [5, 5.41) is 0. The summed E-state index contributed by atoms with van der Waals surface area (Å²) < 4.78 is 20.6. The van der Waals surface area contributed by atoms with Gasteiger partial charge >= 0.3 is 0 Å². The van der Waals surface area contributed by atoms with Crippen LogP contribution in [0.2, 0.25) is 0 Å². The van der Waals surface area contributed by atoms with Crippen LogP contribution in [0, 0.1) is 0 Å². The number of rotatable bonds is 9. The Kier molecular flexibility index (Phi) is 6.83. The van der Waals surface area contributed by atoms with Crippen molar-refractivity contribution in [2.75, 3.05) is 40.6 Å². The molecule has 0 aliphatic heterocycles. The molecule has 5 heteroatoms. The Labute approximate surface area is 107 Å². The summed E-state index contributed by atoms with van der Waals surface area (Å²) in [5.74, 6) is 1.15. The van der Waals surface area contributed by atoms with Crippen LogP contribution in [0.15, 0.2) is 18.2 Å². The van der Waals surface area contributed by atoms with E-state index in [1.54, 1.807) is 32.4 Å². The maximum atomic E-state index is 10.9. The number of ether oxygens (including phenoxy) is 4. The first-order valence-corrected chi connectivity index (χ1v) is 5.64. The second-order valence-corrected chi connectivity index (χ2v) is 3.48. The summed E-state index contributed by atoms with van der Waals surface area (Å²) in [5.41, 5.74) is 0.464. The van der Waals surface area contributed by atoms with Crippen molar-refractivity contribution in [1.29, 1.82) is 0 Å². The molecule has 0 saturated heterocycles. The zero-order valence-corrected chi connectivity index (χ0v) is 10.7. The molecule has 100 valence electrons. The van der Waals surface area contributed by atoms with Crippen LogP contribution in [0.25, 0.3) is 0 Å². The quantitative estimate of drug-likeness (QED) is 0.494. The van der Waals surface area contributed by atoms with Gasteiger partial charge in [-0.3, -0.25) is 4.79 Å². The van der Waals surface area contributed by atoms with E-state index in [2.05, 4.69) is 0 Å². The first kappa shape index (κ1) is 14.5. The van der Waals surface area contributed by atoms with Crippen LogP contribution >= 0.6 is 0 Å². The standard InChI is InChI=1S/C13H18O5/c1-15-5-6-17-7-8-18-13-4-3-12(16-2)9-11(13)10-14/h3-4,9-10H,5-8H2,1-2H3. The Morgan fingerprint density at radius 1 is 1.11 bits per heavy atom. The predicted molar refractivity (Wildman–Crippen MR) is 66.6 cm³/mol. The van der Waals surface area contributed by atoms with Crippen LogP contribution < -0.4 is 9.47 Å². The lowest BCUT2D eigenvalue weighted by molar-refractivity contribution is 0.0542. The molecule has 0 atom stereocenters. The molecule has 0 N–H and O–H groups in total. The van der Waals surface area contributed by atoms with Gasteiger partial charge in [0.2, 0.25) is 0 Å². The number of hydrogen-bond acceptors (Lipinski definition) is 5. The minimum absolute atomic E-state index is 0.386. The molecule has 0 bridgehead atoms. The second-order valence-electron chi connectivity index (χ2n) is 3.48. The Balaban J connectivity index is 2.39. The molecule has 0 aromatic heterocycles. The zero-order chi connectivity index (χ0) is 13.2. The van der Waals surface area contributed by atoms with Gasteiger partial charge in [-0.05, 0) is 18.2 Å². The molecule has 0 unspecified atom stereocenters. The molecule has 0 radical (unpaired) electrons.